The molecule has 1 heterocycles. The highest BCUT2D eigenvalue weighted by molar-refractivity contribution is 9.10. The molecule has 0 unspecified atom stereocenters. The van der Waals surface area contributed by atoms with Crippen LogP contribution in [-0.2, 0) is 9.30 Å². The van der Waals surface area contributed by atoms with Crippen molar-refractivity contribution in [1.82, 2.24) is 0 Å². The lowest BCUT2D eigenvalue weighted by molar-refractivity contribution is 0.119. The smallest absolute Gasteiger partial charge is 0.131 e. The van der Waals surface area contributed by atoms with E-state index in [0.717, 1.165) is 17.9 Å². The average molecular weight is 289 g/mol. The topological polar surface area (TPSA) is 26.3 Å². The highest BCUT2D eigenvalue weighted by atomic mass is 79.9. The SMILES string of the molecule is CO[C@H]1CC[P@@](=O)(c2ccccc2)[C@@H]1Br. The van der Waals surface area contributed by atoms with E-state index in [0.29, 0.717) is 0 Å². The van der Waals surface area contributed by atoms with Crippen molar-refractivity contribution < 1.29 is 9.30 Å². The fraction of sp³-hybridized carbons (Fsp3) is 0.455. The molecule has 1 aliphatic heterocycles. The predicted molar refractivity (Wildman–Crippen MR) is 66.7 cm³/mol. The maximum atomic E-state index is 12.8. The van der Waals surface area contributed by atoms with Gasteiger partial charge in [0, 0.05) is 18.6 Å². The third-order valence-corrected chi connectivity index (χ3v) is 8.75. The second-order valence-corrected chi connectivity index (χ2v) is 8.60. The number of rotatable bonds is 2. The van der Waals surface area contributed by atoms with Crippen LogP contribution in [0.1, 0.15) is 6.42 Å². The summed E-state index contributed by atoms with van der Waals surface area (Å²) in [4.78, 5) is 0. The Morgan fingerprint density at radius 1 is 1.40 bits per heavy atom. The van der Waals surface area contributed by atoms with Gasteiger partial charge in [0.25, 0.3) is 0 Å². The van der Waals surface area contributed by atoms with Gasteiger partial charge in [-0.1, -0.05) is 46.3 Å². The van der Waals surface area contributed by atoms with Gasteiger partial charge in [-0.15, -0.1) is 0 Å². The summed E-state index contributed by atoms with van der Waals surface area (Å²) >= 11 is 3.54. The standard InChI is InChI=1S/C11H14BrO2P/c1-14-10-7-8-15(13,11(10)12)9-5-3-2-4-6-9/h2-6,10-11H,7-8H2,1H3/t10-,11-,15+/m0/s1. The molecule has 0 spiro atoms. The summed E-state index contributed by atoms with van der Waals surface area (Å²) in [7, 11) is -0.614. The first kappa shape index (κ1) is 11.4. The van der Waals surface area contributed by atoms with E-state index in [-0.39, 0.29) is 10.7 Å². The van der Waals surface area contributed by atoms with E-state index >= 15 is 0 Å². The van der Waals surface area contributed by atoms with Crippen molar-refractivity contribution in [3.8, 4) is 0 Å². The van der Waals surface area contributed by atoms with Crippen LogP contribution in [0, 0.1) is 0 Å². The molecule has 1 aromatic rings. The molecule has 0 aliphatic carbocycles. The molecule has 0 amide bonds. The zero-order valence-corrected chi connectivity index (χ0v) is 11.1. The Labute approximate surface area is 98.5 Å². The monoisotopic (exact) mass is 288 g/mol. The fourth-order valence-electron chi connectivity index (χ4n) is 2.03. The number of hydrogen-bond acceptors (Lipinski definition) is 2. The van der Waals surface area contributed by atoms with Crippen LogP contribution < -0.4 is 5.30 Å². The Morgan fingerprint density at radius 3 is 2.60 bits per heavy atom. The molecule has 1 aliphatic rings. The van der Waals surface area contributed by atoms with Crippen molar-refractivity contribution in [2.45, 2.75) is 17.1 Å². The van der Waals surface area contributed by atoms with Crippen molar-refractivity contribution in [1.29, 1.82) is 0 Å². The molecule has 0 radical (unpaired) electrons. The molecule has 4 heteroatoms. The first-order valence-electron chi connectivity index (χ1n) is 5.00. The van der Waals surface area contributed by atoms with E-state index < -0.39 is 7.14 Å². The van der Waals surface area contributed by atoms with Gasteiger partial charge in [0.05, 0.1) is 10.7 Å². The summed E-state index contributed by atoms with van der Waals surface area (Å²) in [6.07, 6.45) is 1.69. The first-order chi connectivity index (χ1) is 7.18. The molecule has 0 saturated carbocycles. The molecule has 82 valence electrons. The highest BCUT2D eigenvalue weighted by Crippen LogP contribution is 2.59. The van der Waals surface area contributed by atoms with Crippen molar-refractivity contribution in [2.75, 3.05) is 13.3 Å². The van der Waals surface area contributed by atoms with Gasteiger partial charge in [-0.25, -0.2) is 0 Å². The second-order valence-electron chi connectivity index (χ2n) is 3.79. The van der Waals surface area contributed by atoms with Gasteiger partial charge in [0.1, 0.15) is 7.14 Å². The van der Waals surface area contributed by atoms with E-state index in [9.17, 15) is 4.57 Å². The number of hydrogen-bond donors (Lipinski definition) is 0. The molecule has 2 rings (SSSR count). The fourth-order valence-corrected chi connectivity index (χ4v) is 6.75. The minimum absolute atomic E-state index is 0.0302. The van der Waals surface area contributed by atoms with E-state index in [4.69, 9.17) is 4.74 Å². The predicted octanol–water partition coefficient (Wildman–Crippen LogP) is 2.81. The van der Waals surface area contributed by atoms with Crippen LogP contribution in [0.4, 0.5) is 0 Å². The van der Waals surface area contributed by atoms with Gasteiger partial charge in [0.2, 0.25) is 0 Å². The van der Waals surface area contributed by atoms with E-state index in [2.05, 4.69) is 15.9 Å². The molecule has 2 nitrogen and oxygen atoms in total. The summed E-state index contributed by atoms with van der Waals surface area (Å²) < 4.78 is 18.1. The molecular weight excluding hydrogens is 275 g/mol. The number of benzene rings is 1. The van der Waals surface area contributed by atoms with Crippen LogP contribution in [0.25, 0.3) is 0 Å². The molecule has 1 aromatic carbocycles. The van der Waals surface area contributed by atoms with Crippen LogP contribution in [0.5, 0.6) is 0 Å². The van der Waals surface area contributed by atoms with E-state index in [1.54, 1.807) is 7.11 Å². The average Bonchev–Trinajstić information content (AvgIpc) is 2.58. The first-order valence-corrected chi connectivity index (χ1v) is 7.87. The quantitative estimate of drug-likeness (QED) is 0.618. The molecule has 1 saturated heterocycles. The van der Waals surface area contributed by atoms with E-state index in [1.165, 1.54) is 0 Å². The molecule has 0 aromatic heterocycles. The minimum Gasteiger partial charge on any atom is -0.380 e. The summed E-state index contributed by atoms with van der Waals surface area (Å²) in [5, 5.41) is 0.964. The zero-order chi connectivity index (χ0) is 10.9. The van der Waals surface area contributed by atoms with Crippen LogP contribution in [-0.4, -0.2) is 23.9 Å². The van der Waals surface area contributed by atoms with Gasteiger partial charge in [-0.3, -0.25) is 0 Å². The van der Waals surface area contributed by atoms with Gasteiger partial charge < -0.3 is 9.30 Å². The Kier molecular flexibility index (Phi) is 3.34. The summed E-state index contributed by atoms with van der Waals surface area (Å²) in [5.74, 6) is 0. The molecule has 0 bridgehead atoms. The van der Waals surface area contributed by atoms with Gasteiger partial charge in [-0.2, -0.15) is 0 Å². The zero-order valence-electron chi connectivity index (χ0n) is 8.60. The Bertz CT molecular complexity index is 379. The third-order valence-electron chi connectivity index (χ3n) is 2.95. The maximum Gasteiger partial charge on any atom is 0.131 e. The lowest BCUT2D eigenvalue weighted by Gasteiger charge is -2.18. The molecule has 1 fully saturated rings. The molecule has 3 atom stereocenters. The number of ether oxygens (including phenoxy) is 1. The van der Waals surface area contributed by atoms with Crippen LogP contribution in [0.3, 0.4) is 0 Å². The molecular formula is C11H14BrO2P. The normalized spacial score (nSPS) is 35.6. The summed E-state index contributed by atoms with van der Waals surface area (Å²) in [5.41, 5.74) is 0. The minimum atomic E-state index is -2.29. The van der Waals surface area contributed by atoms with Crippen molar-refractivity contribution in [2.24, 2.45) is 0 Å². The van der Waals surface area contributed by atoms with Crippen molar-refractivity contribution in [3.05, 3.63) is 30.3 Å². The van der Waals surface area contributed by atoms with E-state index in [1.807, 2.05) is 30.3 Å². The van der Waals surface area contributed by atoms with Crippen LogP contribution in [0.15, 0.2) is 30.3 Å². The van der Waals surface area contributed by atoms with Crippen molar-refractivity contribution >= 4 is 28.4 Å². The van der Waals surface area contributed by atoms with Gasteiger partial charge in [-0.05, 0) is 6.42 Å². The second kappa shape index (κ2) is 4.40. The molecule has 15 heavy (non-hydrogen) atoms. The summed E-state index contributed by atoms with van der Waals surface area (Å²) in [6.45, 7) is 0. The Balaban J connectivity index is 2.33. The molecule has 0 N–H and O–H groups in total. The van der Waals surface area contributed by atoms with Crippen LogP contribution >= 0.6 is 23.1 Å². The van der Waals surface area contributed by atoms with Crippen LogP contribution in [0.2, 0.25) is 0 Å². The van der Waals surface area contributed by atoms with Gasteiger partial charge in [0.15, 0.2) is 0 Å². The largest absolute Gasteiger partial charge is 0.380 e. The number of alkyl halides is 1. The van der Waals surface area contributed by atoms with Crippen molar-refractivity contribution in [3.63, 3.8) is 0 Å². The Hall–Kier alpha value is -0.110. The maximum absolute atomic E-state index is 12.8. The Morgan fingerprint density at radius 2 is 2.07 bits per heavy atom. The lowest BCUT2D eigenvalue weighted by Crippen LogP contribution is -2.19. The summed E-state index contributed by atoms with van der Waals surface area (Å²) in [6, 6.07) is 9.73. The van der Waals surface area contributed by atoms with Gasteiger partial charge >= 0.3 is 0 Å². The third kappa shape index (κ3) is 1.93. The highest BCUT2D eigenvalue weighted by Gasteiger charge is 2.44. The lowest BCUT2D eigenvalue weighted by atomic mass is 10.3. The number of methoxy groups -OCH3 is 1. The number of halogens is 1.